The van der Waals surface area contributed by atoms with E-state index >= 15 is 0 Å². The zero-order valence-electron chi connectivity index (χ0n) is 15.2. The lowest BCUT2D eigenvalue weighted by atomic mass is 10.2. The molecule has 0 aliphatic heterocycles. The number of rotatable bonds is 7. The van der Waals surface area contributed by atoms with Crippen molar-refractivity contribution in [3.8, 4) is 0 Å². The number of nitrogens with zero attached hydrogens (tertiary/aromatic N) is 2. The Bertz CT molecular complexity index is 1010. The van der Waals surface area contributed by atoms with Gasteiger partial charge in [0.25, 0.3) is 5.91 Å². The molecule has 0 aliphatic rings. The summed E-state index contributed by atoms with van der Waals surface area (Å²) in [6.07, 6.45) is 0.531. The van der Waals surface area contributed by atoms with Gasteiger partial charge in [0, 0.05) is 5.38 Å². The van der Waals surface area contributed by atoms with Crippen LogP contribution >= 0.6 is 11.3 Å². The van der Waals surface area contributed by atoms with Crippen LogP contribution < -0.4 is 5.32 Å². The number of ether oxygens (including phenoxy) is 2. The second kappa shape index (κ2) is 8.61. The van der Waals surface area contributed by atoms with Crippen molar-refractivity contribution < 1.29 is 23.9 Å². The van der Waals surface area contributed by atoms with Gasteiger partial charge in [0.1, 0.15) is 0 Å². The van der Waals surface area contributed by atoms with E-state index < -0.39 is 18.0 Å². The molecule has 2 heterocycles. The van der Waals surface area contributed by atoms with Gasteiger partial charge in [-0.3, -0.25) is 14.9 Å². The molecule has 1 amide bonds. The van der Waals surface area contributed by atoms with Crippen molar-refractivity contribution in [2.24, 2.45) is 0 Å². The van der Waals surface area contributed by atoms with E-state index in [0.29, 0.717) is 28.5 Å². The Morgan fingerprint density at radius 3 is 2.93 bits per heavy atom. The highest BCUT2D eigenvalue weighted by atomic mass is 32.1. The number of carbonyl (C=O) groups excluding carboxylic acids is 3. The molecule has 10 heteroatoms. The van der Waals surface area contributed by atoms with Crippen LogP contribution in [-0.4, -0.2) is 45.5 Å². The van der Waals surface area contributed by atoms with Gasteiger partial charge >= 0.3 is 11.9 Å². The molecule has 0 saturated carbocycles. The van der Waals surface area contributed by atoms with Gasteiger partial charge in [0.2, 0.25) is 0 Å². The fraction of sp³-hybridized carbons (Fsp3) is 0.278. The van der Waals surface area contributed by atoms with Gasteiger partial charge in [-0.05, 0) is 32.0 Å². The van der Waals surface area contributed by atoms with E-state index in [1.165, 1.54) is 24.6 Å². The van der Waals surface area contributed by atoms with Gasteiger partial charge < -0.3 is 14.5 Å². The van der Waals surface area contributed by atoms with Gasteiger partial charge in [0.15, 0.2) is 11.2 Å². The second-order valence-corrected chi connectivity index (χ2v) is 6.66. The summed E-state index contributed by atoms with van der Waals surface area (Å²) in [4.78, 5) is 47.1. The molecule has 0 radical (unpaired) electrons. The maximum Gasteiger partial charge on any atom is 0.338 e. The molecule has 2 aromatic heterocycles. The van der Waals surface area contributed by atoms with E-state index in [1.807, 2.05) is 0 Å². The molecule has 28 heavy (non-hydrogen) atoms. The monoisotopic (exact) mass is 402 g/mol. The molecular weight excluding hydrogens is 384 g/mol. The van der Waals surface area contributed by atoms with E-state index in [1.54, 1.807) is 30.5 Å². The number of fused-ring (bicyclic) bond motifs is 1. The molecule has 3 rings (SSSR count). The first-order valence-corrected chi connectivity index (χ1v) is 9.39. The largest absolute Gasteiger partial charge is 0.466 e. The Morgan fingerprint density at radius 1 is 1.32 bits per heavy atom. The zero-order valence-corrected chi connectivity index (χ0v) is 16.0. The summed E-state index contributed by atoms with van der Waals surface area (Å²) >= 11 is 1.17. The van der Waals surface area contributed by atoms with E-state index in [4.69, 9.17) is 9.47 Å². The number of aromatic amines is 1. The number of H-pyrrole nitrogens is 1. The fourth-order valence-corrected chi connectivity index (χ4v) is 3.07. The number of nitrogens with one attached hydrogen (secondary N) is 2. The van der Waals surface area contributed by atoms with Gasteiger partial charge in [-0.15, -0.1) is 11.3 Å². The van der Waals surface area contributed by atoms with Crippen LogP contribution in [-0.2, 0) is 25.5 Å². The molecule has 1 unspecified atom stereocenters. The minimum atomic E-state index is -1.03. The predicted molar refractivity (Wildman–Crippen MR) is 102 cm³/mol. The second-order valence-electron chi connectivity index (χ2n) is 5.80. The van der Waals surface area contributed by atoms with Crippen molar-refractivity contribution in [1.82, 2.24) is 15.0 Å². The number of aromatic nitrogens is 3. The first-order chi connectivity index (χ1) is 13.5. The average molecular weight is 402 g/mol. The highest BCUT2D eigenvalue weighted by molar-refractivity contribution is 7.13. The van der Waals surface area contributed by atoms with E-state index in [2.05, 4.69) is 20.3 Å². The van der Waals surface area contributed by atoms with Crippen LogP contribution in [0, 0.1) is 0 Å². The number of esters is 2. The van der Waals surface area contributed by atoms with Crippen molar-refractivity contribution in [3.05, 3.63) is 41.2 Å². The van der Waals surface area contributed by atoms with Gasteiger partial charge in [-0.25, -0.2) is 14.8 Å². The smallest absolute Gasteiger partial charge is 0.338 e. The lowest BCUT2D eigenvalue weighted by Crippen LogP contribution is -2.30. The number of hydrogen-bond acceptors (Lipinski definition) is 8. The number of carbonyl (C=O) groups is 3. The lowest BCUT2D eigenvalue weighted by molar-refractivity contribution is -0.142. The third-order valence-electron chi connectivity index (χ3n) is 3.72. The number of imidazole rings is 1. The summed E-state index contributed by atoms with van der Waals surface area (Å²) in [5.41, 5.74) is 2.23. The first kappa shape index (κ1) is 19.5. The highest BCUT2D eigenvalue weighted by Crippen LogP contribution is 2.17. The summed E-state index contributed by atoms with van der Waals surface area (Å²) in [6, 6.07) is 4.88. The Morgan fingerprint density at radius 2 is 2.14 bits per heavy atom. The summed E-state index contributed by atoms with van der Waals surface area (Å²) < 4.78 is 10.1. The Kier molecular flexibility index (Phi) is 5.99. The molecule has 2 N–H and O–H groups in total. The molecule has 0 fully saturated rings. The Hall–Kier alpha value is -3.27. The maximum atomic E-state index is 12.3. The van der Waals surface area contributed by atoms with Crippen LogP contribution in [0.2, 0.25) is 0 Å². The minimum Gasteiger partial charge on any atom is -0.466 e. The van der Waals surface area contributed by atoms with E-state index in [-0.39, 0.29) is 12.4 Å². The first-order valence-electron chi connectivity index (χ1n) is 8.51. The molecule has 9 nitrogen and oxygen atoms in total. The topological polar surface area (TPSA) is 123 Å². The normalized spacial score (nSPS) is 11.8. The Labute approximate surface area is 164 Å². The third kappa shape index (κ3) is 4.71. The van der Waals surface area contributed by atoms with Crippen molar-refractivity contribution in [1.29, 1.82) is 0 Å². The standard InChI is InChI=1S/C18H18N4O5S/c1-3-26-15(23)7-12-8-28-18(21-12)22-16(24)10(2)27-17(25)11-4-5-13-14(6-11)20-9-19-13/h4-6,8-10H,3,7H2,1-2H3,(H,19,20)(H,21,22,24). The van der Waals surface area contributed by atoms with Crippen molar-refractivity contribution in [2.45, 2.75) is 26.4 Å². The lowest BCUT2D eigenvalue weighted by Gasteiger charge is -2.12. The van der Waals surface area contributed by atoms with Crippen molar-refractivity contribution in [2.75, 3.05) is 11.9 Å². The molecule has 0 bridgehead atoms. The third-order valence-corrected chi connectivity index (χ3v) is 4.53. The number of amides is 1. The summed E-state index contributed by atoms with van der Waals surface area (Å²) in [5.74, 6) is -1.53. The molecule has 0 aliphatic carbocycles. The maximum absolute atomic E-state index is 12.3. The molecule has 0 saturated heterocycles. The molecule has 146 valence electrons. The molecule has 1 aromatic carbocycles. The van der Waals surface area contributed by atoms with Crippen LogP contribution in [0.4, 0.5) is 5.13 Å². The van der Waals surface area contributed by atoms with E-state index in [0.717, 1.165) is 5.52 Å². The number of hydrogen-bond donors (Lipinski definition) is 2. The molecule has 1 atom stereocenters. The number of anilines is 1. The number of benzene rings is 1. The summed E-state index contributed by atoms with van der Waals surface area (Å²) in [7, 11) is 0. The van der Waals surface area contributed by atoms with Crippen LogP contribution in [0.15, 0.2) is 29.9 Å². The number of thiazole rings is 1. The quantitative estimate of drug-likeness (QED) is 0.581. The van der Waals surface area contributed by atoms with Gasteiger partial charge in [0.05, 0.1) is 41.6 Å². The molecular formula is C18H18N4O5S. The molecule has 0 spiro atoms. The zero-order chi connectivity index (χ0) is 20.1. The predicted octanol–water partition coefficient (Wildman–Crippen LogP) is 2.31. The minimum absolute atomic E-state index is 0.0286. The fourth-order valence-electron chi connectivity index (χ4n) is 2.36. The summed E-state index contributed by atoms with van der Waals surface area (Å²) in [6.45, 7) is 3.48. The van der Waals surface area contributed by atoms with Gasteiger partial charge in [-0.1, -0.05) is 0 Å². The summed E-state index contributed by atoms with van der Waals surface area (Å²) in [5, 5.41) is 4.54. The van der Waals surface area contributed by atoms with Crippen LogP contribution in [0.3, 0.4) is 0 Å². The van der Waals surface area contributed by atoms with Gasteiger partial charge in [-0.2, -0.15) is 0 Å². The average Bonchev–Trinajstić information content (AvgIpc) is 3.30. The van der Waals surface area contributed by atoms with Crippen LogP contribution in [0.1, 0.15) is 29.9 Å². The SMILES string of the molecule is CCOC(=O)Cc1csc(NC(=O)C(C)OC(=O)c2ccc3nc[nH]c3c2)n1. The van der Waals surface area contributed by atoms with Crippen molar-refractivity contribution >= 4 is 45.3 Å². The Balaban J connectivity index is 1.56. The van der Waals surface area contributed by atoms with Crippen molar-refractivity contribution in [3.63, 3.8) is 0 Å². The van der Waals surface area contributed by atoms with Crippen LogP contribution in [0.25, 0.3) is 11.0 Å². The van der Waals surface area contributed by atoms with E-state index in [9.17, 15) is 14.4 Å². The van der Waals surface area contributed by atoms with Crippen LogP contribution in [0.5, 0.6) is 0 Å². The molecule has 3 aromatic rings. The highest BCUT2D eigenvalue weighted by Gasteiger charge is 2.20.